The van der Waals surface area contributed by atoms with E-state index in [2.05, 4.69) is 71.8 Å². The first-order valence-corrected chi connectivity index (χ1v) is 17.4. The second kappa shape index (κ2) is 14.3. The monoisotopic (exact) mass is 632 g/mol. The molecular formula is C24H42F2HfN2Si2-2. The zero-order valence-electron chi connectivity index (χ0n) is 20.0. The average Bonchev–Trinajstić information content (AvgIpc) is 3.44. The van der Waals surface area contributed by atoms with Crippen LogP contribution in [0.25, 0.3) is 0 Å². The van der Waals surface area contributed by atoms with E-state index in [1.54, 1.807) is 0 Å². The predicted molar refractivity (Wildman–Crippen MR) is 132 cm³/mol. The van der Waals surface area contributed by atoms with Gasteiger partial charge in [-0.3, -0.25) is 21.6 Å². The summed E-state index contributed by atoms with van der Waals surface area (Å²) < 4.78 is 5.49. The van der Waals surface area contributed by atoms with E-state index < -0.39 is 16.5 Å². The van der Waals surface area contributed by atoms with Gasteiger partial charge in [0.25, 0.3) is 0 Å². The van der Waals surface area contributed by atoms with Crippen molar-refractivity contribution in [1.82, 2.24) is 9.13 Å². The fraction of sp³-hybridized carbons (Fsp3) is 0.667. The molecule has 176 valence electrons. The van der Waals surface area contributed by atoms with Crippen LogP contribution in [0.15, 0.2) is 34.7 Å². The smallest absolute Gasteiger partial charge is 0.117 e. The Morgan fingerprint density at radius 1 is 0.613 bits per heavy atom. The van der Waals surface area contributed by atoms with Crippen molar-refractivity contribution in [3.05, 3.63) is 46.8 Å². The molecule has 4 rings (SSSR count). The molecule has 2 heterocycles. The number of piperidine rings is 2. The predicted octanol–water partition coefficient (Wildman–Crippen LogP) is 6.11. The van der Waals surface area contributed by atoms with Crippen molar-refractivity contribution in [2.45, 2.75) is 77.6 Å². The summed E-state index contributed by atoms with van der Waals surface area (Å²) in [5.74, 6) is 0. The van der Waals surface area contributed by atoms with Crippen molar-refractivity contribution in [2.75, 3.05) is 26.2 Å². The van der Waals surface area contributed by atoms with E-state index in [-0.39, 0.29) is 35.3 Å². The van der Waals surface area contributed by atoms with Crippen molar-refractivity contribution in [3.8, 4) is 0 Å². The molecule has 0 amide bonds. The second-order valence-electron chi connectivity index (χ2n) is 9.61. The quantitative estimate of drug-likeness (QED) is 0.273. The maximum absolute atomic E-state index is 3.52. The van der Waals surface area contributed by atoms with Gasteiger partial charge in [0.05, 0.1) is 0 Å². The Hall–Kier alpha value is 0.0439. The molecule has 2 nitrogen and oxygen atoms in total. The van der Waals surface area contributed by atoms with E-state index in [1.807, 2.05) is 0 Å². The topological polar surface area (TPSA) is 6.48 Å². The third-order valence-electron chi connectivity index (χ3n) is 7.00. The van der Waals surface area contributed by atoms with E-state index in [9.17, 15) is 0 Å². The van der Waals surface area contributed by atoms with Crippen molar-refractivity contribution in [3.63, 3.8) is 0 Å². The van der Waals surface area contributed by atoms with Crippen molar-refractivity contribution in [1.29, 1.82) is 0 Å². The summed E-state index contributed by atoms with van der Waals surface area (Å²) in [6.07, 6.45) is 26.7. The molecule has 7 heteroatoms. The van der Waals surface area contributed by atoms with E-state index in [1.165, 1.54) is 75.1 Å². The average molecular weight is 631 g/mol. The van der Waals surface area contributed by atoms with Gasteiger partial charge in [0.15, 0.2) is 0 Å². The van der Waals surface area contributed by atoms with Gasteiger partial charge in [-0.05, 0) is 51.9 Å². The molecule has 0 aromatic carbocycles. The van der Waals surface area contributed by atoms with Crippen LogP contribution in [0.4, 0.5) is 9.41 Å². The van der Waals surface area contributed by atoms with Gasteiger partial charge in [-0.1, -0.05) is 39.0 Å². The normalized spacial score (nSPS) is 21.7. The first-order valence-electron chi connectivity index (χ1n) is 11.5. The summed E-state index contributed by atoms with van der Waals surface area (Å²) in [7, 11) is -2.63. The number of halogens is 2. The summed E-state index contributed by atoms with van der Waals surface area (Å²) >= 11 is 0. The van der Waals surface area contributed by atoms with Crippen molar-refractivity contribution >= 4 is 16.5 Å². The number of hydrogen-bond donors (Lipinski definition) is 0. The zero-order valence-corrected chi connectivity index (χ0v) is 25.6. The molecule has 0 radical (unpaired) electrons. The summed E-state index contributed by atoms with van der Waals surface area (Å²) in [6.45, 7) is 15.1. The molecule has 2 aliphatic carbocycles. The third kappa shape index (κ3) is 8.09. The molecule has 0 N–H and O–H groups in total. The van der Waals surface area contributed by atoms with Crippen molar-refractivity contribution in [2.24, 2.45) is 0 Å². The Morgan fingerprint density at radius 3 is 1.19 bits per heavy atom. The van der Waals surface area contributed by atoms with Gasteiger partial charge in [0, 0.05) is 25.8 Å². The number of rotatable bonds is 4. The Morgan fingerprint density at radius 2 is 0.935 bits per heavy atom. The SMILES string of the molecule is C[Si](C)(C1=[C-]CC=C1)N1CCCCC1.C[Si](C)(C1=[C-]CC=C1)N1CCCCC1.F.F.[Hf]. The van der Waals surface area contributed by atoms with E-state index >= 15 is 0 Å². The van der Waals surface area contributed by atoms with Crippen molar-refractivity contribution < 1.29 is 35.3 Å². The summed E-state index contributed by atoms with van der Waals surface area (Å²) in [6, 6.07) is 0. The van der Waals surface area contributed by atoms with Gasteiger partial charge >= 0.3 is 0 Å². The zero-order chi connectivity index (χ0) is 20.0. The standard InChI is InChI=1S/2C12H20NSi.2FH.Hf/c2*1-14(2,12-8-4-5-9-12)13-10-6-3-7-11-13;;;/h2*4,8H,3,5-7,10-11H2,1-2H3;2*1H;/q2*-1;;;. The molecule has 0 bridgehead atoms. The summed E-state index contributed by atoms with van der Waals surface area (Å²) in [5.41, 5.74) is 0. The van der Waals surface area contributed by atoms with E-state index in [0.29, 0.717) is 0 Å². The second-order valence-corrected chi connectivity index (χ2v) is 18.2. The molecule has 2 saturated heterocycles. The van der Waals surface area contributed by atoms with Gasteiger partial charge in [0.2, 0.25) is 0 Å². The Bertz CT molecular complexity index is 592. The Labute approximate surface area is 210 Å². The molecule has 4 aliphatic rings. The van der Waals surface area contributed by atoms with Crippen LogP contribution >= 0.6 is 0 Å². The number of allylic oxidation sites excluding steroid dienone is 8. The minimum Gasteiger partial charge on any atom is -0.322 e. The van der Waals surface area contributed by atoms with Crippen LogP contribution in [0.2, 0.25) is 26.2 Å². The minimum absolute atomic E-state index is 0. The summed E-state index contributed by atoms with van der Waals surface area (Å²) in [4.78, 5) is 0. The van der Waals surface area contributed by atoms with Crippen LogP contribution in [0, 0.1) is 12.2 Å². The van der Waals surface area contributed by atoms with Crippen LogP contribution in [0.1, 0.15) is 51.4 Å². The van der Waals surface area contributed by atoms with Gasteiger partial charge in [-0.15, -0.1) is 12.8 Å². The Balaban J connectivity index is 0.000000529. The van der Waals surface area contributed by atoms with Crippen LogP contribution in [-0.4, -0.2) is 51.8 Å². The molecule has 0 unspecified atom stereocenters. The molecule has 2 fully saturated rings. The fourth-order valence-electron chi connectivity index (χ4n) is 4.90. The molecule has 31 heavy (non-hydrogen) atoms. The fourth-order valence-corrected chi connectivity index (χ4v) is 10.6. The van der Waals surface area contributed by atoms with Gasteiger partial charge in [-0.25, -0.2) is 22.5 Å². The first-order chi connectivity index (χ1) is 13.4. The van der Waals surface area contributed by atoms with Gasteiger partial charge < -0.3 is 9.13 Å². The van der Waals surface area contributed by atoms with Crippen LogP contribution < -0.4 is 0 Å². The molecule has 0 aromatic rings. The maximum Gasteiger partial charge on any atom is 0.117 e. The van der Waals surface area contributed by atoms with E-state index in [0.717, 1.165) is 12.8 Å². The maximum atomic E-state index is 3.52. The van der Waals surface area contributed by atoms with Crippen LogP contribution in [0.5, 0.6) is 0 Å². The number of hydrogen-bond acceptors (Lipinski definition) is 2. The van der Waals surface area contributed by atoms with Crippen LogP contribution in [-0.2, 0) is 25.8 Å². The van der Waals surface area contributed by atoms with Gasteiger partial charge in [-0.2, -0.15) is 12.2 Å². The largest absolute Gasteiger partial charge is 0.322 e. The third-order valence-corrected chi connectivity index (χ3v) is 14.4. The molecule has 0 aromatic heterocycles. The molecule has 0 saturated carbocycles. The minimum atomic E-state index is -1.32. The van der Waals surface area contributed by atoms with E-state index in [4.69, 9.17) is 0 Å². The number of nitrogens with zero attached hydrogens (tertiary/aromatic N) is 2. The molecule has 2 aliphatic heterocycles. The molecule has 0 spiro atoms. The summed E-state index contributed by atoms with van der Waals surface area (Å²) in [5, 5.41) is 3.05. The molecule has 0 atom stereocenters. The molecular weight excluding hydrogens is 589 g/mol. The Kier molecular flexibility index (Phi) is 14.4. The van der Waals surface area contributed by atoms with Crippen LogP contribution in [0.3, 0.4) is 0 Å². The first kappa shape index (κ1) is 31.0. The van der Waals surface area contributed by atoms with Gasteiger partial charge in [0.1, 0.15) is 16.5 Å².